The van der Waals surface area contributed by atoms with Gasteiger partial charge in [-0.1, -0.05) is 12.1 Å². The van der Waals surface area contributed by atoms with Crippen molar-refractivity contribution in [2.75, 3.05) is 0 Å². The fourth-order valence-corrected chi connectivity index (χ4v) is 2.22. The molecule has 0 saturated heterocycles. The van der Waals surface area contributed by atoms with Crippen LogP contribution in [0.2, 0.25) is 0 Å². The number of benzene rings is 1. The van der Waals surface area contributed by atoms with Gasteiger partial charge in [0, 0.05) is 18.0 Å². The predicted molar refractivity (Wildman–Crippen MR) is 70.6 cm³/mol. The van der Waals surface area contributed by atoms with E-state index in [1.807, 2.05) is 0 Å². The standard InChI is InChI=1S/C15H10F2N2O/c16-12-4-1-3-10(14(12)17)7-19-8-11(9-20)15-13(19)5-2-6-18-15/h1-6,8-9H,7H2. The monoisotopic (exact) mass is 272 g/mol. The van der Waals surface area contributed by atoms with E-state index in [2.05, 4.69) is 4.98 Å². The molecule has 100 valence electrons. The van der Waals surface area contributed by atoms with Gasteiger partial charge < -0.3 is 4.57 Å². The third-order valence-corrected chi connectivity index (χ3v) is 3.16. The second-order valence-corrected chi connectivity index (χ2v) is 4.41. The number of halogens is 2. The third-order valence-electron chi connectivity index (χ3n) is 3.16. The van der Waals surface area contributed by atoms with Gasteiger partial charge in [-0.15, -0.1) is 0 Å². The average molecular weight is 272 g/mol. The molecular formula is C15H10F2N2O. The number of pyridine rings is 1. The number of aldehydes is 1. The Morgan fingerprint density at radius 3 is 2.85 bits per heavy atom. The SMILES string of the molecule is O=Cc1cn(Cc2cccc(F)c2F)c2cccnc12. The van der Waals surface area contributed by atoms with Crippen molar-refractivity contribution in [1.82, 2.24) is 9.55 Å². The molecule has 1 aromatic carbocycles. The van der Waals surface area contributed by atoms with E-state index in [9.17, 15) is 13.6 Å². The second-order valence-electron chi connectivity index (χ2n) is 4.41. The summed E-state index contributed by atoms with van der Waals surface area (Å²) in [5.74, 6) is -1.75. The van der Waals surface area contributed by atoms with Gasteiger partial charge in [0.1, 0.15) is 0 Å². The number of fused-ring (bicyclic) bond motifs is 1. The maximum Gasteiger partial charge on any atom is 0.163 e. The Morgan fingerprint density at radius 2 is 2.05 bits per heavy atom. The molecule has 0 atom stereocenters. The molecular weight excluding hydrogens is 262 g/mol. The summed E-state index contributed by atoms with van der Waals surface area (Å²) in [6.45, 7) is 0.139. The molecule has 0 aliphatic rings. The highest BCUT2D eigenvalue weighted by Gasteiger charge is 2.12. The van der Waals surface area contributed by atoms with Crippen molar-refractivity contribution in [2.24, 2.45) is 0 Å². The topological polar surface area (TPSA) is 34.9 Å². The molecule has 0 saturated carbocycles. The Bertz CT molecular complexity index is 796. The van der Waals surface area contributed by atoms with E-state index in [0.29, 0.717) is 22.9 Å². The molecule has 0 N–H and O–H groups in total. The molecule has 0 radical (unpaired) electrons. The quantitative estimate of drug-likeness (QED) is 0.686. The molecule has 2 aromatic heterocycles. The van der Waals surface area contributed by atoms with Gasteiger partial charge in [0.2, 0.25) is 0 Å². The second kappa shape index (κ2) is 4.85. The van der Waals surface area contributed by atoms with E-state index >= 15 is 0 Å². The minimum atomic E-state index is -0.882. The summed E-state index contributed by atoms with van der Waals surface area (Å²) in [6.07, 6.45) is 3.88. The molecule has 0 bridgehead atoms. The summed E-state index contributed by atoms with van der Waals surface area (Å²) < 4.78 is 28.6. The van der Waals surface area contributed by atoms with Crippen LogP contribution in [0.5, 0.6) is 0 Å². The van der Waals surface area contributed by atoms with Crippen LogP contribution in [0.4, 0.5) is 8.78 Å². The first-order chi connectivity index (χ1) is 9.70. The first kappa shape index (κ1) is 12.5. The zero-order valence-electron chi connectivity index (χ0n) is 10.4. The third kappa shape index (κ3) is 1.97. The zero-order chi connectivity index (χ0) is 14.1. The van der Waals surface area contributed by atoms with Gasteiger partial charge in [-0.05, 0) is 18.2 Å². The summed E-state index contributed by atoms with van der Waals surface area (Å²) in [5, 5.41) is 0. The smallest absolute Gasteiger partial charge is 0.163 e. The van der Waals surface area contributed by atoms with Gasteiger partial charge in [-0.3, -0.25) is 9.78 Å². The minimum Gasteiger partial charge on any atom is -0.341 e. The number of rotatable bonds is 3. The van der Waals surface area contributed by atoms with E-state index < -0.39 is 11.6 Å². The van der Waals surface area contributed by atoms with Crippen LogP contribution >= 0.6 is 0 Å². The van der Waals surface area contributed by atoms with Crippen LogP contribution in [0.3, 0.4) is 0 Å². The van der Waals surface area contributed by atoms with Gasteiger partial charge in [0.25, 0.3) is 0 Å². The normalized spacial score (nSPS) is 10.9. The van der Waals surface area contributed by atoms with Crippen molar-refractivity contribution >= 4 is 17.3 Å². The largest absolute Gasteiger partial charge is 0.341 e. The Morgan fingerprint density at radius 1 is 1.20 bits per heavy atom. The van der Waals surface area contributed by atoms with Crippen molar-refractivity contribution in [2.45, 2.75) is 6.54 Å². The Labute approximate surface area is 113 Å². The minimum absolute atomic E-state index is 0.139. The number of aromatic nitrogens is 2. The highest BCUT2D eigenvalue weighted by atomic mass is 19.2. The maximum atomic E-state index is 13.7. The molecule has 0 aliphatic heterocycles. The van der Waals surface area contributed by atoms with Crippen molar-refractivity contribution in [3.63, 3.8) is 0 Å². The predicted octanol–water partition coefficient (Wildman–Crippen LogP) is 3.18. The lowest BCUT2D eigenvalue weighted by molar-refractivity contribution is 0.112. The van der Waals surface area contributed by atoms with E-state index in [4.69, 9.17) is 0 Å². The molecule has 0 amide bonds. The maximum absolute atomic E-state index is 13.7. The molecule has 0 fully saturated rings. The van der Waals surface area contributed by atoms with E-state index in [1.165, 1.54) is 12.1 Å². The Hall–Kier alpha value is -2.56. The first-order valence-electron chi connectivity index (χ1n) is 6.02. The molecule has 20 heavy (non-hydrogen) atoms. The van der Waals surface area contributed by atoms with Gasteiger partial charge in [-0.25, -0.2) is 8.78 Å². The van der Waals surface area contributed by atoms with E-state index in [-0.39, 0.29) is 12.1 Å². The Balaban J connectivity index is 2.11. The van der Waals surface area contributed by atoms with Crippen LogP contribution in [0.1, 0.15) is 15.9 Å². The molecule has 3 rings (SSSR count). The summed E-state index contributed by atoms with van der Waals surface area (Å²) >= 11 is 0. The summed E-state index contributed by atoms with van der Waals surface area (Å²) in [7, 11) is 0. The van der Waals surface area contributed by atoms with Gasteiger partial charge in [0.05, 0.1) is 23.1 Å². The highest BCUT2D eigenvalue weighted by molar-refractivity contribution is 5.94. The van der Waals surface area contributed by atoms with Crippen molar-refractivity contribution in [1.29, 1.82) is 0 Å². The number of hydrogen-bond acceptors (Lipinski definition) is 2. The lowest BCUT2D eigenvalue weighted by Crippen LogP contribution is -2.02. The van der Waals surface area contributed by atoms with Gasteiger partial charge in [-0.2, -0.15) is 0 Å². The average Bonchev–Trinajstić information content (AvgIpc) is 2.82. The fraction of sp³-hybridized carbons (Fsp3) is 0.0667. The van der Waals surface area contributed by atoms with Crippen LogP contribution in [0.15, 0.2) is 42.7 Å². The zero-order valence-corrected chi connectivity index (χ0v) is 10.4. The number of carbonyl (C=O) groups excluding carboxylic acids is 1. The number of nitrogens with zero attached hydrogens (tertiary/aromatic N) is 2. The molecule has 0 aliphatic carbocycles. The number of hydrogen-bond donors (Lipinski definition) is 0. The van der Waals surface area contributed by atoms with Crippen molar-refractivity contribution < 1.29 is 13.6 Å². The molecule has 2 heterocycles. The van der Waals surface area contributed by atoms with Crippen molar-refractivity contribution in [3.8, 4) is 0 Å². The van der Waals surface area contributed by atoms with Crippen molar-refractivity contribution in [3.05, 3.63) is 65.5 Å². The first-order valence-corrected chi connectivity index (χ1v) is 6.02. The molecule has 0 unspecified atom stereocenters. The summed E-state index contributed by atoms with van der Waals surface area (Å²) in [6, 6.07) is 7.56. The van der Waals surface area contributed by atoms with E-state index in [0.717, 1.165) is 6.07 Å². The van der Waals surface area contributed by atoms with Crippen LogP contribution in [-0.2, 0) is 6.54 Å². The molecule has 0 spiro atoms. The number of carbonyl (C=O) groups is 1. The fourth-order valence-electron chi connectivity index (χ4n) is 2.22. The van der Waals surface area contributed by atoms with Crippen LogP contribution in [0, 0.1) is 11.6 Å². The van der Waals surface area contributed by atoms with Crippen LogP contribution < -0.4 is 0 Å². The Kier molecular flexibility index (Phi) is 3.02. The van der Waals surface area contributed by atoms with Crippen LogP contribution in [0.25, 0.3) is 11.0 Å². The van der Waals surface area contributed by atoms with E-state index in [1.54, 1.807) is 29.1 Å². The lowest BCUT2D eigenvalue weighted by atomic mass is 10.2. The summed E-state index contributed by atoms with van der Waals surface area (Å²) in [5.41, 5.74) is 1.91. The molecule has 3 nitrogen and oxygen atoms in total. The van der Waals surface area contributed by atoms with Crippen LogP contribution in [-0.4, -0.2) is 15.8 Å². The molecule has 3 aromatic rings. The van der Waals surface area contributed by atoms with Gasteiger partial charge >= 0.3 is 0 Å². The highest BCUT2D eigenvalue weighted by Crippen LogP contribution is 2.20. The molecule has 5 heteroatoms. The van der Waals surface area contributed by atoms with Gasteiger partial charge in [0.15, 0.2) is 17.9 Å². The lowest BCUT2D eigenvalue weighted by Gasteiger charge is -2.06. The summed E-state index contributed by atoms with van der Waals surface area (Å²) in [4.78, 5) is 15.2.